The molecule has 5 rings (SSSR count). The van der Waals surface area contributed by atoms with Gasteiger partial charge in [-0.25, -0.2) is 9.78 Å². The molecule has 2 aromatic heterocycles. The molecule has 2 aromatic carbocycles. The molecule has 1 aliphatic carbocycles. The van der Waals surface area contributed by atoms with Crippen LogP contribution in [0.3, 0.4) is 0 Å². The van der Waals surface area contributed by atoms with Crippen LogP contribution in [0.15, 0.2) is 72.9 Å². The van der Waals surface area contributed by atoms with Crippen LogP contribution in [0.2, 0.25) is 5.15 Å². The molecule has 1 fully saturated rings. The Morgan fingerprint density at radius 3 is 2.57 bits per heavy atom. The van der Waals surface area contributed by atoms with E-state index in [0.29, 0.717) is 23.5 Å². The zero-order valence-corrected chi connectivity index (χ0v) is 20.8. The number of phenols is 1. The maximum atomic E-state index is 13.0. The minimum Gasteiger partial charge on any atom is -0.507 e. The number of aromatic hydroxyl groups is 1. The monoisotopic (exact) mass is 515 g/mol. The second-order valence-corrected chi connectivity index (χ2v) is 9.35. The lowest BCUT2D eigenvalue weighted by atomic mass is 9.82. The molecule has 1 saturated carbocycles. The Hall–Kier alpha value is -4.17. The Labute approximate surface area is 219 Å². The Kier molecular flexibility index (Phi) is 7.18. The Morgan fingerprint density at radius 2 is 1.86 bits per heavy atom. The van der Waals surface area contributed by atoms with Crippen molar-refractivity contribution in [1.29, 1.82) is 0 Å². The van der Waals surface area contributed by atoms with Crippen LogP contribution >= 0.6 is 11.6 Å². The van der Waals surface area contributed by atoms with Gasteiger partial charge in [-0.3, -0.25) is 4.79 Å². The smallest absolute Gasteiger partial charge is 0.342 e. The number of anilines is 1. The highest BCUT2D eigenvalue weighted by Gasteiger charge is 2.27. The fraction of sp³-hybridized carbons (Fsp3) is 0.214. The number of pyridine rings is 1. The molecular formula is C28H26ClN5O3. The molecule has 1 aliphatic rings. The Balaban J connectivity index is 1.33. The van der Waals surface area contributed by atoms with Gasteiger partial charge in [-0.2, -0.15) is 9.78 Å². The first-order valence-electron chi connectivity index (χ1n) is 12.2. The molecule has 0 atom stereocenters. The highest BCUT2D eigenvalue weighted by molar-refractivity contribution is 6.33. The van der Waals surface area contributed by atoms with Crippen molar-refractivity contribution in [2.75, 3.05) is 11.9 Å². The first-order valence-corrected chi connectivity index (χ1v) is 12.5. The largest absolute Gasteiger partial charge is 0.507 e. The summed E-state index contributed by atoms with van der Waals surface area (Å²) in [6.07, 6.45) is 5.33. The average Bonchev–Trinajstić information content (AvgIpc) is 3.28. The Bertz CT molecular complexity index is 1430. The summed E-state index contributed by atoms with van der Waals surface area (Å²) < 4.78 is 1.42. The maximum absolute atomic E-state index is 13.0. The van der Waals surface area contributed by atoms with Crippen molar-refractivity contribution < 1.29 is 14.7 Å². The molecule has 2 heterocycles. The quantitative estimate of drug-likeness (QED) is 0.277. The second kappa shape index (κ2) is 10.8. The molecule has 0 aliphatic heterocycles. The zero-order valence-electron chi connectivity index (χ0n) is 20.0. The predicted octanol–water partition coefficient (Wildman–Crippen LogP) is 5.62. The van der Waals surface area contributed by atoms with Crippen molar-refractivity contribution in [3.63, 3.8) is 0 Å². The number of amides is 2. The van der Waals surface area contributed by atoms with E-state index in [1.54, 1.807) is 24.3 Å². The maximum Gasteiger partial charge on any atom is 0.342 e. The van der Waals surface area contributed by atoms with Crippen molar-refractivity contribution in [2.24, 2.45) is 0 Å². The molecule has 2 amide bonds. The van der Waals surface area contributed by atoms with E-state index in [1.807, 2.05) is 36.4 Å². The molecule has 0 unspecified atom stereocenters. The first-order chi connectivity index (χ1) is 18.0. The molecule has 188 valence electrons. The van der Waals surface area contributed by atoms with Gasteiger partial charge in [-0.1, -0.05) is 48.4 Å². The standard InChI is InChI=1S/C28H26ClN5O3/c29-26-22(10-5-14-30-26)27(36)32-20-11-12-21(25(35)16-20)23-17-24(19-8-4-9-19)34(33-23)28(37)31-15-13-18-6-2-1-3-7-18/h1-3,5-7,10-12,14,16-17,19,35H,4,8-9,13,15H2,(H,31,37)(H,32,36). The first kappa shape index (κ1) is 24.5. The van der Waals surface area contributed by atoms with Crippen LogP contribution in [-0.4, -0.2) is 38.4 Å². The van der Waals surface area contributed by atoms with Crippen molar-refractivity contribution >= 4 is 29.2 Å². The van der Waals surface area contributed by atoms with E-state index in [2.05, 4.69) is 20.7 Å². The van der Waals surface area contributed by atoms with Crippen LogP contribution in [-0.2, 0) is 6.42 Å². The molecule has 0 bridgehead atoms. The zero-order chi connectivity index (χ0) is 25.8. The van der Waals surface area contributed by atoms with Crippen molar-refractivity contribution in [2.45, 2.75) is 31.6 Å². The Morgan fingerprint density at radius 1 is 1.05 bits per heavy atom. The van der Waals surface area contributed by atoms with Crippen LogP contribution in [0.5, 0.6) is 5.75 Å². The van der Waals surface area contributed by atoms with Gasteiger partial charge in [0.1, 0.15) is 10.9 Å². The molecule has 37 heavy (non-hydrogen) atoms. The van der Waals surface area contributed by atoms with E-state index in [9.17, 15) is 14.7 Å². The molecule has 0 spiro atoms. The molecule has 4 aromatic rings. The SMILES string of the molecule is O=C(Nc1ccc(-c2cc(C3CCC3)n(C(=O)NCCc3ccccc3)n2)c(O)c1)c1cccnc1Cl. The van der Waals surface area contributed by atoms with E-state index in [1.165, 1.54) is 16.9 Å². The van der Waals surface area contributed by atoms with Gasteiger partial charge in [0.05, 0.1) is 17.0 Å². The molecular weight excluding hydrogens is 490 g/mol. The normalized spacial score (nSPS) is 13.1. The van der Waals surface area contributed by atoms with Crippen molar-refractivity contribution in [3.05, 3.63) is 94.9 Å². The van der Waals surface area contributed by atoms with Crippen LogP contribution in [0.25, 0.3) is 11.3 Å². The summed E-state index contributed by atoms with van der Waals surface area (Å²) in [6.45, 7) is 0.489. The highest BCUT2D eigenvalue weighted by Crippen LogP contribution is 2.39. The van der Waals surface area contributed by atoms with Crippen LogP contribution in [0, 0.1) is 0 Å². The van der Waals surface area contributed by atoms with Gasteiger partial charge in [0, 0.05) is 36.0 Å². The topological polar surface area (TPSA) is 109 Å². The number of aromatic nitrogens is 3. The van der Waals surface area contributed by atoms with Gasteiger partial charge in [0.25, 0.3) is 5.91 Å². The molecule has 0 saturated heterocycles. The van der Waals surface area contributed by atoms with E-state index in [-0.39, 0.29) is 28.4 Å². The summed E-state index contributed by atoms with van der Waals surface area (Å²) in [5.41, 5.74) is 3.56. The lowest BCUT2D eigenvalue weighted by Crippen LogP contribution is -2.33. The predicted molar refractivity (Wildman–Crippen MR) is 142 cm³/mol. The van der Waals surface area contributed by atoms with E-state index < -0.39 is 5.91 Å². The fourth-order valence-electron chi connectivity index (χ4n) is 4.30. The number of carbonyl (C=O) groups is 2. The number of phenolic OH excluding ortho intramolecular Hbond substituents is 1. The minimum absolute atomic E-state index is 0.0654. The number of carbonyl (C=O) groups excluding carboxylic acids is 2. The number of nitrogens with one attached hydrogen (secondary N) is 2. The third-order valence-electron chi connectivity index (χ3n) is 6.52. The number of halogens is 1. The van der Waals surface area contributed by atoms with Gasteiger partial charge in [-0.15, -0.1) is 0 Å². The summed E-state index contributed by atoms with van der Waals surface area (Å²) >= 11 is 6.01. The van der Waals surface area contributed by atoms with Crippen LogP contribution in [0.1, 0.15) is 46.8 Å². The van der Waals surface area contributed by atoms with Gasteiger partial charge in [-0.05, 0) is 55.2 Å². The number of benzene rings is 2. The molecule has 8 nitrogen and oxygen atoms in total. The summed E-state index contributed by atoms with van der Waals surface area (Å²) in [6, 6.07) is 19.5. The van der Waals surface area contributed by atoms with E-state index in [4.69, 9.17) is 11.6 Å². The lowest BCUT2D eigenvalue weighted by Gasteiger charge is -2.25. The summed E-state index contributed by atoms with van der Waals surface area (Å²) in [7, 11) is 0. The number of hydrogen-bond acceptors (Lipinski definition) is 5. The van der Waals surface area contributed by atoms with Crippen LogP contribution in [0.4, 0.5) is 10.5 Å². The summed E-state index contributed by atoms with van der Waals surface area (Å²) in [4.78, 5) is 29.5. The van der Waals surface area contributed by atoms with E-state index >= 15 is 0 Å². The second-order valence-electron chi connectivity index (χ2n) is 8.99. The van der Waals surface area contributed by atoms with Gasteiger partial charge < -0.3 is 15.7 Å². The van der Waals surface area contributed by atoms with E-state index in [0.717, 1.165) is 36.9 Å². The number of hydrogen-bond donors (Lipinski definition) is 3. The third kappa shape index (κ3) is 5.49. The summed E-state index contributed by atoms with van der Waals surface area (Å²) in [5, 5.41) is 21.1. The third-order valence-corrected chi connectivity index (χ3v) is 6.82. The van der Waals surface area contributed by atoms with Crippen molar-refractivity contribution in [1.82, 2.24) is 20.1 Å². The van der Waals surface area contributed by atoms with Gasteiger partial charge in [0.2, 0.25) is 0 Å². The number of rotatable bonds is 7. The molecule has 9 heteroatoms. The molecule has 0 radical (unpaired) electrons. The van der Waals surface area contributed by atoms with Gasteiger partial charge in [0.15, 0.2) is 0 Å². The fourth-order valence-corrected chi connectivity index (χ4v) is 4.50. The average molecular weight is 516 g/mol. The highest BCUT2D eigenvalue weighted by atomic mass is 35.5. The van der Waals surface area contributed by atoms with Crippen LogP contribution < -0.4 is 10.6 Å². The minimum atomic E-state index is -0.436. The molecule has 3 N–H and O–H groups in total. The van der Waals surface area contributed by atoms with Crippen molar-refractivity contribution in [3.8, 4) is 17.0 Å². The summed E-state index contributed by atoms with van der Waals surface area (Å²) in [5.74, 6) is -0.246. The number of nitrogens with zero attached hydrogens (tertiary/aromatic N) is 3. The lowest BCUT2D eigenvalue weighted by molar-refractivity contribution is 0.102. The van der Waals surface area contributed by atoms with Gasteiger partial charge >= 0.3 is 6.03 Å².